The zero-order valence-corrected chi connectivity index (χ0v) is 59.2. The van der Waals surface area contributed by atoms with Gasteiger partial charge in [-0.1, -0.05) is 226 Å². The summed E-state index contributed by atoms with van der Waals surface area (Å²) in [5, 5.41) is 8.06. The second kappa shape index (κ2) is 18.5. The molecule has 6 aliphatic rings. The molecule has 0 saturated carbocycles. The van der Waals surface area contributed by atoms with Crippen molar-refractivity contribution in [3.05, 3.63) is 208 Å². The zero-order chi connectivity index (χ0) is 65.5. The first-order chi connectivity index (χ1) is 45.0. The molecule has 0 radical (unpaired) electrons. The summed E-state index contributed by atoms with van der Waals surface area (Å²) in [7, 11) is 0. The van der Waals surface area contributed by atoms with Gasteiger partial charge in [-0.25, -0.2) is 0 Å². The van der Waals surface area contributed by atoms with Gasteiger partial charge in [-0.05, 0) is 260 Å². The molecular formula is C92H91BN2. The molecule has 0 atom stereocenters. The fourth-order valence-electron chi connectivity index (χ4n) is 20.3. The fourth-order valence-corrected chi connectivity index (χ4v) is 20.3. The Hall–Kier alpha value is -8.14. The normalized spacial score (nSPS) is 19.9. The monoisotopic (exact) mass is 1230 g/mol. The highest BCUT2D eigenvalue weighted by Crippen LogP contribution is 2.56. The number of benzene rings is 10. The van der Waals surface area contributed by atoms with Crippen molar-refractivity contribution >= 4 is 77.7 Å². The van der Waals surface area contributed by atoms with Crippen LogP contribution in [0.2, 0.25) is 0 Å². The summed E-state index contributed by atoms with van der Waals surface area (Å²) in [4.78, 5) is 0. The average Bonchev–Trinajstić information content (AvgIpc) is 1.49. The topological polar surface area (TPSA) is 9.34 Å². The van der Waals surface area contributed by atoms with E-state index in [9.17, 15) is 0 Å². The Balaban J connectivity index is 0.953. The van der Waals surface area contributed by atoms with E-state index >= 15 is 0 Å². The van der Waals surface area contributed by atoms with E-state index in [4.69, 9.17) is 0 Å². The van der Waals surface area contributed by atoms with Gasteiger partial charge in [-0.15, -0.1) is 0 Å². The van der Waals surface area contributed by atoms with E-state index in [0.717, 1.165) is 0 Å². The van der Waals surface area contributed by atoms with Crippen LogP contribution in [0.1, 0.15) is 207 Å². The van der Waals surface area contributed by atoms with Gasteiger partial charge in [-0.2, -0.15) is 0 Å². The van der Waals surface area contributed by atoms with Gasteiger partial charge in [-0.3, -0.25) is 0 Å². The Bertz CT molecular complexity index is 5600. The van der Waals surface area contributed by atoms with Gasteiger partial charge in [0.15, 0.2) is 0 Å². The smallest absolute Gasteiger partial charge is 0.333 e. The second-order valence-electron chi connectivity index (χ2n) is 36.2. The maximum atomic E-state index is 2.85. The molecule has 0 amide bonds. The van der Waals surface area contributed by atoms with Crippen LogP contribution < -0.4 is 10.9 Å². The maximum absolute atomic E-state index is 2.85. The van der Waals surface area contributed by atoms with Gasteiger partial charge in [0.25, 0.3) is 0 Å². The first-order valence-corrected chi connectivity index (χ1v) is 36.2. The van der Waals surface area contributed by atoms with Crippen LogP contribution in [0.15, 0.2) is 164 Å². The van der Waals surface area contributed by atoms with E-state index < -0.39 is 0 Å². The molecule has 10 aromatic carbocycles. The third-order valence-electron chi connectivity index (χ3n) is 26.7. The van der Waals surface area contributed by atoms with E-state index in [2.05, 4.69) is 283 Å². The lowest BCUT2D eigenvalue weighted by Gasteiger charge is -2.42. The number of fused-ring (bicyclic) bond motifs is 12. The molecule has 3 heteroatoms. The van der Waals surface area contributed by atoms with Crippen LogP contribution >= 0.6 is 0 Å². The predicted molar refractivity (Wildman–Crippen MR) is 408 cm³/mol. The lowest BCUT2D eigenvalue weighted by Crippen LogP contribution is -2.54. The molecule has 0 bridgehead atoms. The Labute approximate surface area is 563 Å². The van der Waals surface area contributed by atoms with Gasteiger partial charge in [0, 0.05) is 48.9 Å². The van der Waals surface area contributed by atoms with Crippen LogP contribution in [0, 0.1) is 0 Å². The molecule has 0 unspecified atom stereocenters. The van der Waals surface area contributed by atoms with Gasteiger partial charge in [0.1, 0.15) is 0 Å². The molecule has 3 aromatic heterocycles. The average molecular weight is 1240 g/mol. The van der Waals surface area contributed by atoms with Crippen LogP contribution in [0.25, 0.3) is 127 Å². The van der Waals surface area contributed by atoms with Crippen molar-refractivity contribution in [3.63, 3.8) is 0 Å². The van der Waals surface area contributed by atoms with E-state index in [-0.39, 0.29) is 50.2 Å². The first kappa shape index (κ1) is 58.2. The molecule has 0 N–H and O–H groups in total. The summed E-state index contributed by atoms with van der Waals surface area (Å²) in [5.41, 5.74) is 38.0. The minimum Gasteiger partial charge on any atom is -0.375 e. The van der Waals surface area contributed by atoms with Crippen molar-refractivity contribution in [2.24, 2.45) is 0 Å². The Morgan fingerprint density at radius 3 is 1.11 bits per heavy atom. The zero-order valence-electron chi connectivity index (χ0n) is 59.2. The van der Waals surface area contributed by atoms with Crippen molar-refractivity contribution in [3.8, 4) is 66.8 Å². The summed E-state index contributed by atoms with van der Waals surface area (Å²) in [5.74, 6) is 0. The number of rotatable bonds is 5. The third-order valence-corrected chi connectivity index (χ3v) is 26.7. The first-order valence-electron chi connectivity index (χ1n) is 36.2. The van der Waals surface area contributed by atoms with Gasteiger partial charge >= 0.3 is 6.85 Å². The molecule has 5 heterocycles. The molecule has 19 rings (SSSR count). The fraction of sp³-hybridized carbons (Fsp3) is 0.348. The number of aromatic nitrogens is 2. The maximum Gasteiger partial charge on any atom is 0.333 e. The molecule has 0 spiro atoms. The molecule has 2 nitrogen and oxygen atoms in total. The van der Waals surface area contributed by atoms with E-state index in [0.29, 0.717) is 0 Å². The molecule has 95 heavy (non-hydrogen) atoms. The molecule has 13 aromatic rings. The van der Waals surface area contributed by atoms with Crippen LogP contribution in [-0.2, 0) is 43.3 Å². The summed E-state index contributed by atoms with van der Waals surface area (Å²) in [6.07, 6.45) is 9.52. The quantitative estimate of drug-likeness (QED) is 0.152. The SMILES string of the molecule is CC1(C)CCC(C)(C)c2cc(-c3ccc4c(c3)c3cc(-c5ccc6c(c5)C(C)(C)CCC6(C)C)cc5c3n4B3c4cc(-c6ccc7c(c6)C(C)(C)CCC7(C)C)cc6c7cc(-c8ccc9c(c8)C(C)(C)CCC9(C)C)cc8c9c(-c%10ccccc%10)cc-5c3c9n(c46)c78)ccc21. The summed E-state index contributed by atoms with van der Waals surface area (Å²) in [6, 6.07) is 67.7. The van der Waals surface area contributed by atoms with Crippen LogP contribution in [0.3, 0.4) is 0 Å². The van der Waals surface area contributed by atoms with Gasteiger partial charge in [0.2, 0.25) is 0 Å². The molecule has 4 aliphatic carbocycles. The predicted octanol–water partition coefficient (Wildman–Crippen LogP) is 23.6. The van der Waals surface area contributed by atoms with Crippen molar-refractivity contribution in [2.45, 2.75) is 205 Å². The van der Waals surface area contributed by atoms with Crippen LogP contribution in [-0.4, -0.2) is 15.7 Å². The highest BCUT2D eigenvalue weighted by atomic mass is 15.0. The van der Waals surface area contributed by atoms with E-state index in [1.807, 2.05) is 0 Å². The highest BCUT2D eigenvalue weighted by molar-refractivity contribution is 6.91. The van der Waals surface area contributed by atoms with Crippen molar-refractivity contribution < 1.29 is 0 Å². The number of nitrogens with zero attached hydrogens (tertiary/aromatic N) is 2. The number of hydrogen-bond acceptors (Lipinski definition) is 0. The molecule has 0 saturated heterocycles. The van der Waals surface area contributed by atoms with E-state index in [1.165, 1.54) is 233 Å². The Kier molecular flexibility index (Phi) is 11.3. The Morgan fingerprint density at radius 2 is 0.632 bits per heavy atom. The van der Waals surface area contributed by atoms with Crippen LogP contribution in [0.5, 0.6) is 0 Å². The van der Waals surface area contributed by atoms with Crippen LogP contribution in [0.4, 0.5) is 0 Å². The molecule has 2 aliphatic heterocycles. The van der Waals surface area contributed by atoms with Crippen molar-refractivity contribution in [1.29, 1.82) is 0 Å². The minimum atomic E-state index is -0.113. The van der Waals surface area contributed by atoms with Crippen molar-refractivity contribution in [2.75, 3.05) is 0 Å². The van der Waals surface area contributed by atoms with Gasteiger partial charge < -0.3 is 8.88 Å². The van der Waals surface area contributed by atoms with Crippen molar-refractivity contribution in [1.82, 2.24) is 8.88 Å². The standard InChI is InChI=1S/C92H91BN2/c1-85(2)32-36-89(9,10)73-46-54(22-27-69(73)85)53-26-31-78-62(40-53)64-41-58(55-23-28-70-74(47-55)90(11,12)37-33-86(70,3)4)42-65-63-51-61(52-20-18-17-19-21-52)79-68-45-59(56-24-29-71-75(48-56)91(13,14)38-34-87(71,5)6)43-66-67-44-60(57-25-30-72-76(49-57)92(15,16)39-35-88(72,7)8)50-77-83(67)94(81(66)68)84(79)80(63)93(77)95(78)82(64)65/h17-31,40-51H,32-39H2,1-16H3. The summed E-state index contributed by atoms with van der Waals surface area (Å²) in [6.45, 7) is 39.4. The molecule has 0 fully saturated rings. The van der Waals surface area contributed by atoms with Gasteiger partial charge in [0.05, 0.1) is 16.6 Å². The Morgan fingerprint density at radius 1 is 0.263 bits per heavy atom. The lowest BCUT2D eigenvalue weighted by molar-refractivity contribution is 0.332. The largest absolute Gasteiger partial charge is 0.375 e. The second-order valence-corrected chi connectivity index (χ2v) is 36.2. The summed E-state index contributed by atoms with van der Waals surface area (Å²) < 4.78 is 5.65. The third kappa shape index (κ3) is 7.88. The lowest BCUT2D eigenvalue weighted by atomic mass is 9.45. The highest BCUT2D eigenvalue weighted by Gasteiger charge is 2.46. The molecule has 472 valence electrons. The molecular weight excluding hydrogens is 1140 g/mol. The van der Waals surface area contributed by atoms with E-state index in [1.54, 1.807) is 0 Å². The summed E-state index contributed by atoms with van der Waals surface area (Å²) >= 11 is 0. The number of hydrogen-bond donors (Lipinski definition) is 0. The minimum absolute atomic E-state index is 0.0670.